The minimum Gasteiger partial charge on any atom is -0.398 e. The lowest BCUT2D eigenvalue weighted by atomic mass is 11.2. The molecule has 1 aromatic rings. The van der Waals surface area contributed by atoms with Crippen LogP contribution in [0, 0.1) is 0 Å². The fourth-order valence-corrected chi connectivity index (χ4v) is 0.594. The molecule has 5 heteroatoms. The van der Waals surface area contributed by atoms with Gasteiger partial charge in [0.15, 0.2) is 0 Å². The van der Waals surface area contributed by atoms with Gasteiger partial charge in [0.1, 0.15) is 0 Å². The zero-order chi connectivity index (χ0) is 5.98. The zero-order valence-corrected chi connectivity index (χ0v) is 5.10. The van der Waals surface area contributed by atoms with E-state index in [0.29, 0.717) is 5.22 Å². The largest absolute Gasteiger partial charge is 0.398 e. The van der Waals surface area contributed by atoms with E-state index in [1.54, 1.807) is 0 Å². The smallest absolute Gasteiger partial charge is 0.313 e. The van der Waals surface area contributed by atoms with Gasteiger partial charge in [0.2, 0.25) is 0 Å². The second kappa shape index (κ2) is 2.04. The van der Waals surface area contributed by atoms with E-state index in [1.807, 2.05) is 6.26 Å². The first kappa shape index (κ1) is 5.43. The third kappa shape index (κ3) is 0.919. The monoisotopic (exact) mass is 131 g/mol. The molecule has 0 aromatic carbocycles. The van der Waals surface area contributed by atoms with Crippen LogP contribution in [0.4, 0.5) is 6.01 Å². The van der Waals surface area contributed by atoms with E-state index in [9.17, 15) is 0 Å². The summed E-state index contributed by atoms with van der Waals surface area (Å²) in [6, 6.07) is 0.120. The Hall–Kier alpha value is -0.710. The van der Waals surface area contributed by atoms with Crippen molar-refractivity contribution in [2.75, 3.05) is 12.0 Å². The first-order chi connectivity index (χ1) is 3.83. The molecule has 1 rings (SSSR count). The molecule has 0 radical (unpaired) electrons. The lowest BCUT2D eigenvalue weighted by Crippen LogP contribution is -1.81. The van der Waals surface area contributed by atoms with Gasteiger partial charge in [-0.25, -0.2) is 0 Å². The highest BCUT2D eigenvalue weighted by molar-refractivity contribution is 7.98. The molecule has 0 saturated heterocycles. The third-order valence-corrected chi connectivity index (χ3v) is 1.11. The molecular formula is C3H5N3OS. The minimum absolute atomic E-state index is 0.120. The molecule has 2 N–H and O–H groups in total. The molecule has 0 unspecified atom stereocenters. The molecule has 1 aromatic heterocycles. The van der Waals surface area contributed by atoms with Gasteiger partial charge >= 0.3 is 6.01 Å². The minimum atomic E-state index is 0.120. The van der Waals surface area contributed by atoms with Crippen molar-refractivity contribution in [2.24, 2.45) is 0 Å². The summed E-state index contributed by atoms with van der Waals surface area (Å²) < 4.78 is 4.75. The second-order valence-corrected chi connectivity index (χ2v) is 1.87. The Balaban J connectivity index is 2.84. The van der Waals surface area contributed by atoms with E-state index in [1.165, 1.54) is 11.8 Å². The van der Waals surface area contributed by atoms with Gasteiger partial charge in [-0.05, 0) is 6.26 Å². The van der Waals surface area contributed by atoms with Crippen molar-refractivity contribution < 1.29 is 4.42 Å². The Bertz CT molecular complexity index is 175. The second-order valence-electron chi connectivity index (χ2n) is 1.11. The number of hydrogen-bond acceptors (Lipinski definition) is 5. The average molecular weight is 131 g/mol. The van der Waals surface area contributed by atoms with Crippen molar-refractivity contribution in [1.82, 2.24) is 10.2 Å². The molecule has 0 fully saturated rings. The topological polar surface area (TPSA) is 64.9 Å². The molecule has 0 aliphatic heterocycles. The van der Waals surface area contributed by atoms with Crippen LogP contribution in [-0.2, 0) is 0 Å². The quantitative estimate of drug-likeness (QED) is 0.558. The van der Waals surface area contributed by atoms with Crippen LogP contribution in [0.1, 0.15) is 0 Å². The first-order valence-electron chi connectivity index (χ1n) is 1.96. The number of nitrogens with zero attached hydrogens (tertiary/aromatic N) is 2. The van der Waals surface area contributed by atoms with Crippen LogP contribution in [-0.4, -0.2) is 16.5 Å². The summed E-state index contributed by atoms with van der Waals surface area (Å²) in [7, 11) is 0. The third-order valence-electron chi connectivity index (χ3n) is 0.597. The number of nitrogen functional groups attached to an aromatic ring is 1. The van der Waals surface area contributed by atoms with E-state index in [-0.39, 0.29) is 6.01 Å². The number of nitrogens with two attached hydrogens (primary N) is 1. The van der Waals surface area contributed by atoms with E-state index in [2.05, 4.69) is 10.2 Å². The lowest BCUT2D eigenvalue weighted by molar-refractivity contribution is 0.471. The summed E-state index contributed by atoms with van der Waals surface area (Å²) in [5, 5.41) is 7.49. The molecule has 0 bridgehead atoms. The molecule has 44 valence electrons. The molecule has 0 aliphatic rings. The maximum absolute atomic E-state index is 5.10. The first-order valence-corrected chi connectivity index (χ1v) is 3.18. The van der Waals surface area contributed by atoms with Crippen molar-refractivity contribution in [3.8, 4) is 0 Å². The highest BCUT2D eigenvalue weighted by Crippen LogP contribution is 2.11. The van der Waals surface area contributed by atoms with Crippen LogP contribution in [0.15, 0.2) is 9.64 Å². The van der Waals surface area contributed by atoms with E-state index >= 15 is 0 Å². The normalized spacial score (nSPS) is 9.62. The molecule has 0 aliphatic carbocycles. The molecule has 0 spiro atoms. The van der Waals surface area contributed by atoms with Gasteiger partial charge in [0, 0.05) is 0 Å². The zero-order valence-electron chi connectivity index (χ0n) is 4.29. The van der Waals surface area contributed by atoms with Crippen LogP contribution in [0.25, 0.3) is 0 Å². The predicted octanol–water partition coefficient (Wildman–Crippen LogP) is 0.374. The average Bonchev–Trinajstić information content (AvgIpc) is 2.14. The van der Waals surface area contributed by atoms with Gasteiger partial charge in [0.05, 0.1) is 0 Å². The predicted molar refractivity (Wildman–Crippen MR) is 30.5 cm³/mol. The highest BCUT2D eigenvalue weighted by atomic mass is 32.2. The fraction of sp³-hybridized carbons (Fsp3) is 0.333. The Kier molecular flexibility index (Phi) is 1.38. The van der Waals surface area contributed by atoms with Crippen LogP contribution in [0.2, 0.25) is 0 Å². The molecule has 0 atom stereocenters. The standard InChI is InChI=1S/C3H5N3OS/c1-8-3-6-5-2(4)7-3/h1H3,(H2,4,5). The fourth-order valence-electron chi connectivity index (χ4n) is 0.303. The van der Waals surface area contributed by atoms with Gasteiger partial charge in [-0.2, -0.15) is 0 Å². The summed E-state index contributed by atoms with van der Waals surface area (Å²) in [5.41, 5.74) is 5.10. The van der Waals surface area contributed by atoms with Gasteiger partial charge in [0.25, 0.3) is 5.22 Å². The maximum atomic E-state index is 5.10. The molecular weight excluding hydrogens is 126 g/mol. The van der Waals surface area contributed by atoms with Gasteiger partial charge in [-0.15, -0.1) is 0 Å². The highest BCUT2D eigenvalue weighted by Gasteiger charge is 1.96. The SMILES string of the molecule is CSc1nnc(N)o1. The molecule has 4 nitrogen and oxygen atoms in total. The van der Waals surface area contributed by atoms with Crippen molar-refractivity contribution in [3.05, 3.63) is 0 Å². The molecule has 8 heavy (non-hydrogen) atoms. The van der Waals surface area contributed by atoms with Crippen molar-refractivity contribution >= 4 is 17.8 Å². The summed E-state index contributed by atoms with van der Waals surface area (Å²) >= 11 is 1.37. The summed E-state index contributed by atoms with van der Waals surface area (Å²) in [4.78, 5) is 0. The number of aromatic nitrogens is 2. The van der Waals surface area contributed by atoms with Crippen LogP contribution < -0.4 is 5.73 Å². The molecule has 1 heterocycles. The van der Waals surface area contributed by atoms with E-state index < -0.39 is 0 Å². The Morgan fingerprint density at radius 3 is 2.62 bits per heavy atom. The van der Waals surface area contributed by atoms with Gasteiger partial charge in [-0.1, -0.05) is 22.0 Å². The summed E-state index contributed by atoms with van der Waals surface area (Å²) in [5.74, 6) is 0. The van der Waals surface area contributed by atoms with E-state index in [0.717, 1.165) is 0 Å². The maximum Gasteiger partial charge on any atom is 0.313 e. The lowest BCUT2D eigenvalue weighted by Gasteiger charge is -1.77. The van der Waals surface area contributed by atoms with Gasteiger partial charge in [-0.3, -0.25) is 0 Å². The number of thioether (sulfide) groups is 1. The Morgan fingerprint density at radius 1 is 1.62 bits per heavy atom. The molecule has 0 amide bonds. The van der Waals surface area contributed by atoms with Crippen LogP contribution in [0.5, 0.6) is 0 Å². The summed E-state index contributed by atoms with van der Waals surface area (Å²) in [6.45, 7) is 0. The van der Waals surface area contributed by atoms with Crippen molar-refractivity contribution in [1.29, 1.82) is 0 Å². The van der Waals surface area contributed by atoms with Crippen molar-refractivity contribution in [3.63, 3.8) is 0 Å². The van der Waals surface area contributed by atoms with Crippen LogP contribution >= 0.6 is 11.8 Å². The van der Waals surface area contributed by atoms with E-state index in [4.69, 9.17) is 10.2 Å². The number of hydrogen-bond donors (Lipinski definition) is 1. The molecule has 0 saturated carbocycles. The number of rotatable bonds is 1. The Morgan fingerprint density at radius 2 is 2.38 bits per heavy atom. The number of anilines is 1. The van der Waals surface area contributed by atoms with Crippen molar-refractivity contribution in [2.45, 2.75) is 5.22 Å². The van der Waals surface area contributed by atoms with Gasteiger partial charge < -0.3 is 10.2 Å². The van der Waals surface area contributed by atoms with Crippen LogP contribution in [0.3, 0.4) is 0 Å². The Labute approximate surface area is 50.5 Å². The summed E-state index contributed by atoms with van der Waals surface area (Å²) in [6.07, 6.45) is 1.84.